The fourth-order valence-electron chi connectivity index (χ4n) is 2.48. The zero-order valence-corrected chi connectivity index (χ0v) is 12.1. The molecule has 1 heterocycles. The molecule has 1 aliphatic heterocycles. The molecule has 0 saturated carbocycles. The number of halogens is 1. The highest BCUT2D eigenvalue weighted by molar-refractivity contribution is 5.99. The van der Waals surface area contributed by atoms with Crippen LogP contribution in [0.1, 0.15) is 30.1 Å². The van der Waals surface area contributed by atoms with Gasteiger partial charge in [-0.2, -0.15) is 0 Å². The van der Waals surface area contributed by atoms with Gasteiger partial charge in [0.05, 0.1) is 5.56 Å². The fourth-order valence-corrected chi connectivity index (χ4v) is 2.48. The lowest BCUT2D eigenvalue weighted by Crippen LogP contribution is -2.37. The highest BCUT2D eigenvalue weighted by atomic mass is 19.1. The SMILES string of the molecule is CCC(=O)N1CCCN(C(=O)c2cc(F)ccc2N)CC1. The van der Waals surface area contributed by atoms with Crippen LogP contribution >= 0.6 is 0 Å². The lowest BCUT2D eigenvalue weighted by Gasteiger charge is -2.22. The molecule has 1 saturated heterocycles. The summed E-state index contributed by atoms with van der Waals surface area (Å²) in [6.45, 7) is 3.97. The van der Waals surface area contributed by atoms with Crippen LogP contribution in [0.4, 0.5) is 10.1 Å². The number of anilines is 1. The van der Waals surface area contributed by atoms with Crippen molar-refractivity contribution in [2.75, 3.05) is 31.9 Å². The van der Waals surface area contributed by atoms with Gasteiger partial charge in [-0.25, -0.2) is 4.39 Å². The van der Waals surface area contributed by atoms with Gasteiger partial charge in [0.2, 0.25) is 5.91 Å². The molecule has 2 rings (SSSR count). The number of benzene rings is 1. The van der Waals surface area contributed by atoms with Crippen molar-refractivity contribution in [1.82, 2.24) is 9.80 Å². The number of carbonyl (C=O) groups excluding carboxylic acids is 2. The summed E-state index contributed by atoms with van der Waals surface area (Å²) in [6.07, 6.45) is 1.18. The van der Waals surface area contributed by atoms with E-state index < -0.39 is 5.82 Å². The predicted octanol–water partition coefficient (Wildman–Crippen LogP) is 1.49. The lowest BCUT2D eigenvalue weighted by molar-refractivity contribution is -0.130. The van der Waals surface area contributed by atoms with E-state index in [-0.39, 0.29) is 23.1 Å². The van der Waals surface area contributed by atoms with Crippen molar-refractivity contribution in [1.29, 1.82) is 0 Å². The second kappa shape index (κ2) is 6.56. The van der Waals surface area contributed by atoms with Crippen LogP contribution in [0.2, 0.25) is 0 Å². The van der Waals surface area contributed by atoms with Crippen molar-refractivity contribution in [2.45, 2.75) is 19.8 Å². The highest BCUT2D eigenvalue weighted by Gasteiger charge is 2.23. The third kappa shape index (κ3) is 3.51. The Kier molecular flexibility index (Phi) is 4.77. The summed E-state index contributed by atoms with van der Waals surface area (Å²) in [4.78, 5) is 27.6. The van der Waals surface area contributed by atoms with Gasteiger partial charge in [-0.1, -0.05) is 6.92 Å². The first kappa shape index (κ1) is 15.3. The van der Waals surface area contributed by atoms with Crippen LogP contribution in [0.3, 0.4) is 0 Å². The second-order valence-corrected chi connectivity index (χ2v) is 5.11. The summed E-state index contributed by atoms with van der Waals surface area (Å²) in [5, 5.41) is 0. The van der Waals surface area contributed by atoms with Gasteiger partial charge < -0.3 is 15.5 Å². The molecular formula is C15H20FN3O2. The van der Waals surface area contributed by atoms with Gasteiger partial charge in [0.1, 0.15) is 5.82 Å². The molecule has 114 valence electrons. The van der Waals surface area contributed by atoms with Crippen molar-refractivity contribution >= 4 is 17.5 Å². The zero-order valence-electron chi connectivity index (χ0n) is 12.1. The molecule has 0 radical (unpaired) electrons. The van der Waals surface area contributed by atoms with Crippen LogP contribution in [0.25, 0.3) is 0 Å². The van der Waals surface area contributed by atoms with Crippen molar-refractivity contribution < 1.29 is 14.0 Å². The molecular weight excluding hydrogens is 273 g/mol. The first-order valence-electron chi connectivity index (χ1n) is 7.15. The average molecular weight is 293 g/mol. The fraction of sp³-hybridized carbons (Fsp3) is 0.467. The molecule has 2 amide bonds. The summed E-state index contributed by atoms with van der Waals surface area (Å²) in [7, 11) is 0. The predicted molar refractivity (Wildman–Crippen MR) is 78.2 cm³/mol. The Morgan fingerprint density at radius 1 is 1.19 bits per heavy atom. The molecule has 1 aliphatic rings. The summed E-state index contributed by atoms with van der Waals surface area (Å²) < 4.78 is 13.3. The van der Waals surface area contributed by atoms with E-state index in [4.69, 9.17) is 5.73 Å². The Bertz CT molecular complexity index is 548. The van der Waals surface area contributed by atoms with Crippen molar-refractivity contribution in [3.8, 4) is 0 Å². The Labute approximate surface area is 123 Å². The summed E-state index contributed by atoms with van der Waals surface area (Å²) in [5.74, 6) is -0.669. The maximum atomic E-state index is 13.3. The monoisotopic (exact) mass is 293 g/mol. The first-order valence-corrected chi connectivity index (χ1v) is 7.15. The number of nitrogen functional groups attached to an aromatic ring is 1. The van der Waals surface area contributed by atoms with E-state index in [0.29, 0.717) is 39.0 Å². The maximum absolute atomic E-state index is 13.3. The molecule has 0 aliphatic carbocycles. The van der Waals surface area contributed by atoms with Crippen LogP contribution in [0.15, 0.2) is 18.2 Å². The lowest BCUT2D eigenvalue weighted by atomic mass is 10.1. The van der Waals surface area contributed by atoms with Crippen LogP contribution in [-0.4, -0.2) is 47.8 Å². The van der Waals surface area contributed by atoms with Crippen molar-refractivity contribution in [3.05, 3.63) is 29.6 Å². The third-order valence-corrected chi connectivity index (χ3v) is 3.68. The number of hydrogen-bond acceptors (Lipinski definition) is 3. The molecule has 1 aromatic rings. The van der Waals surface area contributed by atoms with Crippen molar-refractivity contribution in [2.24, 2.45) is 0 Å². The van der Waals surface area contributed by atoms with Crippen LogP contribution in [0.5, 0.6) is 0 Å². The molecule has 2 N–H and O–H groups in total. The molecule has 0 bridgehead atoms. The Morgan fingerprint density at radius 2 is 1.86 bits per heavy atom. The van der Waals surface area contributed by atoms with E-state index in [2.05, 4.69) is 0 Å². The number of rotatable bonds is 2. The molecule has 0 aromatic heterocycles. The number of carbonyl (C=O) groups is 2. The highest BCUT2D eigenvalue weighted by Crippen LogP contribution is 2.17. The topological polar surface area (TPSA) is 66.6 Å². The summed E-state index contributed by atoms with van der Waals surface area (Å²) in [6, 6.07) is 3.79. The van der Waals surface area contributed by atoms with Gasteiger partial charge in [-0.3, -0.25) is 9.59 Å². The van der Waals surface area contributed by atoms with Crippen molar-refractivity contribution in [3.63, 3.8) is 0 Å². The second-order valence-electron chi connectivity index (χ2n) is 5.11. The largest absolute Gasteiger partial charge is 0.398 e. The van der Waals surface area contributed by atoms with Crippen LogP contribution in [-0.2, 0) is 4.79 Å². The molecule has 21 heavy (non-hydrogen) atoms. The minimum absolute atomic E-state index is 0.0922. The van der Waals surface area contributed by atoms with E-state index in [0.717, 1.165) is 6.07 Å². The number of hydrogen-bond donors (Lipinski definition) is 1. The van der Waals surface area contributed by atoms with Gasteiger partial charge in [-0.15, -0.1) is 0 Å². The van der Waals surface area contributed by atoms with Gasteiger partial charge in [0.15, 0.2) is 0 Å². The molecule has 1 fully saturated rings. The van der Waals surface area contributed by atoms with E-state index in [1.165, 1.54) is 12.1 Å². The van der Waals surface area contributed by atoms with Gasteiger partial charge in [-0.05, 0) is 24.6 Å². The maximum Gasteiger partial charge on any atom is 0.256 e. The van der Waals surface area contributed by atoms with Gasteiger partial charge in [0.25, 0.3) is 5.91 Å². The third-order valence-electron chi connectivity index (χ3n) is 3.68. The first-order chi connectivity index (χ1) is 10.0. The van der Waals surface area contributed by atoms with Crippen LogP contribution in [0, 0.1) is 5.82 Å². The van der Waals surface area contributed by atoms with E-state index >= 15 is 0 Å². The molecule has 5 nitrogen and oxygen atoms in total. The minimum atomic E-state index is -0.481. The summed E-state index contributed by atoms with van der Waals surface area (Å²) >= 11 is 0. The zero-order chi connectivity index (χ0) is 15.4. The quantitative estimate of drug-likeness (QED) is 0.840. The Hall–Kier alpha value is -2.11. The summed E-state index contributed by atoms with van der Waals surface area (Å²) in [5.41, 5.74) is 6.21. The van der Waals surface area contributed by atoms with Gasteiger partial charge in [0, 0.05) is 38.3 Å². The van der Waals surface area contributed by atoms with E-state index in [1.807, 2.05) is 6.92 Å². The van der Waals surface area contributed by atoms with E-state index in [9.17, 15) is 14.0 Å². The minimum Gasteiger partial charge on any atom is -0.398 e. The van der Waals surface area contributed by atoms with Crippen LogP contribution < -0.4 is 5.73 Å². The number of nitrogens with two attached hydrogens (primary N) is 1. The smallest absolute Gasteiger partial charge is 0.256 e. The molecule has 1 aromatic carbocycles. The molecule has 0 atom stereocenters. The standard InChI is InChI=1S/C15H20FN3O2/c1-2-14(20)18-6-3-7-19(9-8-18)15(21)12-10-11(16)4-5-13(12)17/h4-5,10H,2-3,6-9,17H2,1H3. The Balaban J connectivity index is 2.10. The number of nitrogens with zero attached hydrogens (tertiary/aromatic N) is 2. The average Bonchev–Trinajstić information content (AvgIpc) is 2.74. The Morgan fingerprint density at radius 3 is 2.57 bits per heavy atom. The molecule has 6 heteroatoms. The molecule has 0 spiro atoms. The van der Waals surface area contributed by atoms with Gasteiger partial charge >= 0.3 is 0 Å². The molecule has 0 unspecified atom stereocenters. The normalized spacial score (nSPS) is 15.7. The van der Waals surface area contributed by atoms with E-state index in [1.54, 1.807) is 9.80 Å². The number of amides is 2.